The van der Waals surface area contributed by atoms with E-state index in [2.05, 4.69) is 14.7 Å². The molecule has 1 aromatic rings. The molecule has 0 aliphatic carbocycles. The van der Waals surface area contributed by atoms with E-state index in [1.807, 2.05) is 0 Å². The highest BCUT2D eigenvalue weighted by Gasteiger charge is 2.07. The highest BCUT2D eigenvalue weighted by molar-refractivity contribution is 5.71. The molecule has 7 nitrogen and oxygen atoms in total. The fourth-order valence-electron chi connectivity index (χ4n) is 0.684. The maximum Gasteiger partial charge on any atom is 0.427 e. The molecule has 1 heterocycles. The molecule has 0 saturated carbocycles. The van der Waals surface area contributed by atoms with Crippen molar-refractivity contribution >= 4 is 11.9 Å². The summed E-state index contributed by atoms with van der Waals surface area (Å²) >= 11 is 0. The van der Waals surface area contributed by atoms with Gasteiger partial charge in [0.05, 0.1) is 6.20 Å². The summed E-state index contributed by atoms with van der Waals surface area (Å²) in [5, 5.41) is 0. The van der Waals surface area contributed by atoms with Crippen LogP contribution < -0.4 is 21.7 Å². The van der Waals surface area contributed by atoms with Gasteiger partial charge in [-0.05, 0) is 6.92 Å². The van der Waals surface area contributed by atoms with Crippen LogP contribution in [0.2, 0.25) is 0 Å². The number of nitrogen functional groups attached to an aromatic ring is 1. The van der Waals surface area contributed by atoms with E-state index in [0.29, 0.717) is 5.82 Å². The van der Waals surface area contributed by atoms with Crippen LogP contribution in [0.15, 0.2) is 6.20 Å². The van der Waals surface area contributed by atoms with Gasteiger partial charge in [0.2, 0.25) is 0 Å². The second-order valence-corrected chi connectivity index (χ2v) is 2.20. The van der Waals surface area contributed by atoms with Crippen molar-refractivity contribution in [1.29, 1.82) is 0 Å². The number of carbonyl (C=O) groups excluding carboxylic acids is 1. The molecule has 0 aliphatic rings. The van der Waals surface area contributed by atoms with Gasteiger partial charge in [0.1, 0.15) is 5.82 Å². The summed E-state index contributed by atoms with van der Waals surface area (Å²) in [6.45, 7) is 1.67. The first-order valence-corrected chi connectivity index (χ1v) is 3.41. The summed E-state index contributed by atoms with van der Waals surface area (Å²) in [4.78, 5) is 18.2. The van der Waals surface area contributed by atoms with E-state index >= 15 is 0 Å². The van der Waals surface area contributed by atoms with Crippen LogP contribution in [0, 0.1) is 6.92 Å². The highest BCUT2D eigenvalue weighted by Crippen LogP contribution is 2.16. The number of nitrogens with two attached hydrogens (primary N) is 2. The lowest BCUT2D eigenvalue weighted by Crippen LogP contribution is -2.33. The maximum absolute atomic E-state index is 10.6. The average molecular weight is 183 g/mol. The lowest BCUT2D eigenvalue weighted by atomic mass is 10.5. The van der Waals surface area contributed by atoms with Gasteiger partial charge < -0.3 is 10.5 Å². The van der Waals surface area contributed by atoms with Crippen LogP contribution in [0.5, 0.6) is 5.75 Å². The molecule has 0 radical (unpaired) electrons. The Labute approximate surface area is 74.1 Å². The van der Waals surface area contributed by atoms with E-state index in [9.17, 15) is 4.79 Å². The summed E-state index contributed by atoms with van der Waals surface area (Å²) in [6.07, 6.45) is 0.478. The smallest absolute Gasteiger partial charge is 0.404 e. The van der Waals surface area contributed by atoms with E-state index < -0.39 is 6.09 Å². The molecule has 1 aromatic heterocycles. The molecule has 5 N–H and O–H groups in total. The molecule has 0 bridgehead atoms. The molecular weight excluding hydrogens is 174 g/mol. The van der Waals surface area contributed by atoms with Gasteiger partial charge in [-0.15, -0.1) is 0 Å². The van der Waals surface area contributed by atoms with Crippen LogP contribution in [-0.4, -0.2) is 16.1 Å². The van der Waals surface area contributed by atoms with Crippen molar-refractivity contribution in [2.45, 2.75) is 6.92 Å². The summed E-state index contributed by atoms with van der Waals surface area (Å²) in [6, 6.07) is 0. The molecule has 0 aliphatic heterocycles. The van der Waals surface area contributed by atoms with Gasteiger partial charge in [-0.25, -0.2) is 20.6 Å². The van der Waals surface area contributed by atoms with Gasteiger partial charge in [-0.3, -0.25) is 5.43 Å². The molecular formula is C6H9N5O2. The molecule has 0 saturated heterocycles. The predicted octanol–water partition coefficient (Wildman–Crippen LogP) is -0.671. The topological polar surface area (TPSA) is 116 Å². The maximum atomic E-state index is 10.6. The molecule has 1 amide bonds. The van der Waals surface area contributed by atoms with Gasteiger partial charge in [-0.1, -0.05) is 0 Å². The number of amides is 1. The Balaban J connectivity index is 2.83. The number of aryl methyl sites for hydroxylation is 1. The Bertz CT molecular complexity index is 327. The zero-order chi connectivity index (χ0) is 9.84. The Hall–Kier alpha value is -1.89. The lowest BCUT2D eigenvalue weighted by Gasteiger charge is -2.04. The largest absolute Gasteiger partial charge is 0.427 e. The number of hydrogen-bond acceptors (Lipinski definition) is 6. The number of hydrogen-bond donors (Lipinski definition) is 3. The summed E-state index contributed by atoms with van der Waals surface area (Å²) in [7, 11) is 0. The number of anilines is 1. The quantitative estimate of drug-likeness (QED) is 0.302. The first-order valence-electron chi connectivity index (χ1n) is 3.41. The number of hydrazine groups is 1. The number of aromatic nitrogens is 2. The second kappa shape index (κ2) is 3.68. The van der Waals surface area contributed by atoms with Gasteiger partial charge in [0.15, 0.2) is 11.6 Å². The van der Waals surface area contributed by atoms with E-state index in [1.165, 1.54) is 6.20 Å². The molecule has 7 heteroatoms. The fourth-order valence-corrected chi connectivity index (χ4v) is 0.684. The van der Waals surface area contributed by atoms with Crippen LogP contribution in [-0.2, 0) is 0 Å². The van der Waals surface area contributed by atoms with Gasteiger partial charge in [0, 0.05) is 0 Å². The molecule has 0 aromatic carbocycles. The summed E-state index contributed by atoms with van der Waals surface area (Å²) < 4.78 is 4.62. The molecule has 0 atom stereocenters. The zero-order valence-electron chi connectivity index (χ0n) is 6.94. The summed E-state index contributed by atoms with van der Waals surface area (Å²) in [5.74, 6) is 5.46. The third-order valence-corrected chi connectivity index (χ3v) is 1.22. The van der Waals surface area contributed by atoms with Crippen molar-refractivity contribution in [2.75, 3.05) is 5.73 Å². The van der Waals surface area contributed by atoms with Gasteiger partial charge in [-0.2, -0.15) is 0 Å². The minimum Gasteiger partial charge on any atom is -0.404 e. The fraction of sp³-hybridized carbons (Fsp3) is 0.167. The Kier molecular flexibility index (Phi) is 2.60. The number of rotatable bonds is 1. The van der Waals surface area contributed by atoms with Crippen molar-refractivity contribution in [3.05, 3.63) is 12.0 Å². The molecule has 0 spiro atoms. The van der Waals surface area contributed by atoms with E-state index in [0.717, 1.165) is 0 Å². The van der Waals surface area contributed by atoms with Crippen molar-refractivity contribution in [3.8, 4) is 5.75 Å². The Morgan fingerprint density at radius 3 is 2.92 bits per heavy atom. The number of ether oxygens (including phenoxy) is 1. The van der Waals surface area contributed by atoms with Crippen LogP contribution in [0.4, 0.5) is 10.6 Å². The molecule has 0 unspecified atom stereocenters. The molecule has 0 fully saturated rings. The molecule has 70 valence electrons. The lowest BCUT2D eigenvalue weighted by molar-refractivity contribution is 0.200. The summed E-state index contributed by atoms with van der Waals surface area (Å²) in [5.41, 5.74) is 7.21. The molecule has 1 rings (SSSR count). The Morgan fingerprint density at radius 2 is 2.38 bits per heavy atom. The van der Waals surface area contributed by atoms with Crippen molar-refractivity contribution in [3.63, 3.8) is 0 Å². The van der Waals surface area contributed by atoms with Gasteiger partial charge in [0.25, 0.3) is 0 Å². The minimum absolute atomic E-state index is 0.0774. The first-order chi connectivity index (χ1) is 6.13. The SMILES string of the molecule is Cc1ncc(OC(=O)NN)c(N)n1. The van der Waals surface area contributed by atoms with E-state index in [4.69, 9.17) is 11.6 Å². The third kappa shape index (κ3) is 2.27. The third-order valence-electron chi connectivity index (χ3n) is 1.22. The molecule has 13 heavy (non-hydrogen) atoms. The predicted molar refractivity (Wildman–Crippen MR) is 44.5 cm³/mol. The van der Waals surface area contributed by atoms with E-state index in [1.54, 1.807) is 12.3 Å². The number of carbonyl (C=O) groups is 1. The normalized spacial score (nSPS) is 9.38. The van der Waals surface area contributed by atoms with Crippen LogP contribution in [0.3, 0.4) is 0 Å². The Morgan fingerprint density at radius 1 is 1.69 bits per heavy atom. The number of nitrogens with zero attached hydrogens (tertiary/aromatic N) is 2. The standard InChI is InChI=1S/C6H9N5O2/c1-3-9-2-4(5(7)10-3)13-6(12)11-8/h2H,8H2,1H3,(H,11,12)(H2,7,9,10). The highest BCUT2D eigenvalue weighted by atomic mass is 16.6. The van der Waals surface area contributed by atoms with Gasteiger partial charge >= 0.3 is 6.09 Å². The zero-order valence-corrected chi connectivity index (χ0v) is 6.94. The van der Waals surface area contributed by atoms with Crippen molar-refractivity contribution in [2.24, 2.45) is 5.84 Å². The monoisotopic (exact) mass is 183 g/mol. The second-order valence-electron chi connectivity index (χ2n) is 2.20. The first kappa shape index (κ1) is 9.20. The van der Waals surface area contributed by atoms with Crippen molar-refractivity contribution < 1.29 is 9.53 Å². The van der Waals surface area contributed by atoms with Crippen LogP contribution >= 0.6 is 0 Å². The number of nitrogens with one attached hydrogen (secondary N) is 1. The van der Waals surface area contributed by atoms with Crippen LogP contribution in [0.25, 0.3) is 0 Å². The van der Waals surface area contributed by atoms with Crippen molar-refractivity contribution in [1.82, 2.24) is 15.4 Å². The minimum atomic E-state index is -0.820. The van der Waals surface area contributed by atoms with E-state index in [-0.39, 0.29) is 11.6 Å². The average Bonchev–Trinajstić information content (AvgIpc) is 2.09. The van der Waals surface area contributed by atoms with Crippen LogP contribution in [0.1, 0.15) is 5.82 Å².